The Hall–Kier alpha value is -1.50. The molecule has 2 aromatic rings. The summed E-state index contributed by atoms with van der Waals surface area (Å²) < 4.78 is 0. The maximum absolute atomic E-state index is 9.75. The highest BCUT2D eigenvalue weighted by Crippen LogP contribution is 2.36. The first kappa shape index (κ1) is 14.1. The molecule has 5 nitrogen and oxygen atoms in total. The topological polar surface area (TPSA) is 75.3 Å². The molecule has 3 N–H and O–H groups in total. The lowest BCUT2D eigenvalue weighted by Gasteiger charge is -2.43. The predicted octanol–water partition coefficient (Wildman–Crippen LogP) is 1.72. The molecule has 2 atom stereocenters. The first-order chi connectivity index (χ1) is 10.7. The van der Waals surface area contributed by atoms with Crippen LogP contribution in [0.4, 0.5) is 5.95 Å². The summed E-state index contributed by atoms with van der Waals surface area (Å²) in [5.74, 6) is 0.760. The molecule has 0 spiro atoms. The number of anilines is 1. The van der Waals surface area contributed by atoms with Crippen LogP contribution < -0.4 is 10.6 Å². The van der Waals surface area contributed by atoms with E-state index in [2.05, 4.69) is 17.0 Å². The Morgan fingerprint density at radius 1 is 1.36 bits per heavy atom. The second kappa shape index (κ2) is 5.30. The van der Waals surface area contributed by atoms with Gasteiger partial charge in [0.1, 0.15) is 0 Å². The first-order valence-corrected chi connectivity index (χ1v) is 8.62. The fraction of sp³-hybridized carbons (Fsp3) is 0.500. The number of hydrogen-bond acceptors (Lipinski definition) is 6. The van der Waals surface area contributed by atoms with Crippen molar-refractivity contribution in [2.75, 3.05) is 11.4 Å². The SMILES string of the molecule is C[C@H]1[C@H](O)CN1c1nc2c(c(-c3ccc(CN)s3)n1)CCC2. The van der Waals surface area contributed by atoms with Crippen molar-refractivity contribution >= 4 is 17.3 Å². The standard InChI is InChI=1S/C16H20N4OS/c1-9-13(21)8-20(9)16-18-12-4-2-3-11(12)15(19-16)14-6-5-10(7-17)22-14/h5-6,9,13,21H,2-4,7-8,17H2,1H3/t9-,13+/m0/s1. The van der Waals surface area contributed by atoms with Crippen LogP contribution in [0.1, 0.15) is 29.5 Å². The highest BCUT2D eigenvalue weighted by Gasteiger charge is 2.36. The second-order valence-electron chi connectivity index (χ2n) is 6.08. The van der Waals surface area contributed by atoms with Crippen molar-refractivity contribution in [3.8, 4) is 10.6 Å². The number of fused-ring (bicyclic) bond motifs is 1. The Kier molecular flexibility index (Phi) is 3.40. The Morgan fingerprint density at radius 3 is 2.91 bits per heavy atom. The lowest BCUT2D eigenvalue weighted by molar-refractivity contribution is 0.0979. The molecular weight excluding hydrogens is 296 g/mol. The van der Waals surface area contributed by atoms with Crippen molar-refractivity contribution < 1.29 is 5.11 Å². The average Bonchev–Trinajstić information content (AvgIpc) is 3.19. The number of rotatable bonds is 3. The van der Waals surface area contributed by atoms with Crippen LogP contribution in [0.2, 0.25) is 0 Å². The molecule has 6 heteroatoms. The van der Waals surface area contributed by atoms with Crippen LogP contribution in [-0.4, -0.2) is 33.8 Å². The number of aryl methyl sites for hydroxylation is 1. The number of hydrogen-bond donors (Lipinski definition) is 2. The van der Waals surface area contributed by atoms with Crippen molar-refractivity contribution in [3.63, 3.8) is 0 Å². The minimum Gasteiger partial charge on any atom is -0.389 e. The van der Waals surface area contributed by atoms with E-state index in [1.807, 2.05) is 6.92 Å². The van der Waals surface area contributed by atoms with E-state index in [-0.39, 0.29) is 12.1 Å². The van der Waals surface area contributed by atoms with E-state index in [1.165, 1.54) is 21.0 Å². The van der Waals surface area contributed by atoms with E-state index >= 15 is 0 Å². The molecule has 116 valence electrons. The van der Waals surface area contributed by atoms with E-state index in [0.29, 0.717) is 13.1 Å². The zero-order chi connectivity index (χ0) is 15.3. The van der Waals surface area contributed by atoms with Crippen LogP contribution in [0, 0.1) is 0 Å². The number of β-amino-alcohol motifs (C(OH)–C–C–N with tert-alkyl or cyclic N) is 1. The summed E-state index contributed by atoms with van der Waals surface area (Å²) in [6.07, 6.45) is 2.95. The van der Waals surface area contributed by atoms with Crippen molar-refractivity contribution in [3.05, 3.63) is 28.3 Å². The van der Waals surface area contributed by atoms with Crippen molar-refractivity contribution in [1.82, 2.24) is 9.97 Å². The molecule has 1 saturated heterocycles. The molecule has 1 fully saturated rings. The summed E-state index contributed by atoms with van der Waals surface area (Å²) in [6, 6.07) is 4.29. The molecule has 1 aliphatic carbocycles. The lowest BCUT2D eigenvalue weighted by Crippen LogP contribution is -2.59. The maximum atomic E-state index is 9.75. The molecule has 0 saturated carbocycles. The van der Waals surface area contributed by atoms with Gasteiger partial charge in [0.05, 0.1) is 22.7 Å². The third-order valence-corrected chi connectivity index (χ3v) is 5.82. The summed E-state index contributed by atoms with van der Waals surface area (Å²) in [7, 11) is 0. The quantitative estimate of drug-likeness (QED) is 0.902. The Labute approximate surface area is 133 Å². The fourth-order valence-corrected chi connectivity index (χ4v) is 4.12. The molecule has 22 heavy (non-hydrogen) atoms. The Bertz CT molecular complexity index is 714. The van der Waals surface area contributed by atoms with Crippen LogP contribution in [0.3, 0.4) is 0 Å². The average molecular weight is 316 g/mol. The number of nitrogens with zero attached hydrogens (tertiary/aromatic N) is 3. The number of aliphatic hydroxyl groups excluding tert-OH is 1. The van der Waals surface area contributed by atoms with E-state index in [1.54, 1.807) is 11.3 Å². The largest absolute Gasteiger partial charge is 0.389 e. The van der Waals surface area contributed by atoms with Gasteiger partial charge in [0, 0.05) is 29.2 Å². The highest BCUT2D eigenvalue weighted by atomic mass is 32.1. The number of aromatic nitrogens is 2. The minimum atomic E-state index is -0.272. The maximum Gasteiger partial charge on any atom is 0.226 e. The smallest absolute Gasteiger partial charge is 0.226 e. The fourth-order valence-electron chi connectivity index (χ4n) is 3.22. The van der Waals surface area contributed by atoms with Gasteiger partial charge in [-0.15, -0.1) is 11.3 Å². The molecule has 0 amide bonds. The summed E-state index contributed by atoms with van der Waals surface area (Å²) in [4.78, 5) is 14.0. The zero-order valence-electron chi connectivity index (χ0n) is 12.6. The van der Waals surface area contributed by atoms with Crippen LogP contribution in [0.15, 0.2) is 12.1 Å². The van der Waals surface area contributed by atoms with Gasteiger partial charge in [-0.2, -0.15) is 0 Å². The van der Waals surface area contributed by atoms with Gasteiger partial charge >= 0.3 is 0 Å². The molecule has 0 bridgehead atoms. The monoisotopic (exact) mass is 316 g/mol. The molecule has 0 aromatic carbocycles. The van der Waals surface area contributed by atoms with Crippen LogP contribution in [0.25, 0.3) is 10.6 Å². The van der Waals surface area contributed by atoms with Gasteiger partial charge in [0.15, 0.2) is 0 Å². The van der Waals surface area contributed by atoms with Gasteiger partial charge in [-0.25, -0.2) is 9.97 Å². The predicted molar refractivity (Wildman–Crippen MR) is 88.1 cm³/mol. The van der Waals surface area contributed by atoms with Gasteiger partial charge in [0.2, 0.25) is 5.95 Å². The molecule has 1 aliphatic heterocycles. The van der Waals surface area contributed by atoms with Gasteiger partial charge in [0.25, 0.3) is 0 Å². The van der Waals surface area contributed by atoms with Gasteiger partial charge in [-0.3, -0.25) is 0 Å². The van der Waals surface area contributed by atoms with Gasteiger partial charge in [-0.05, 0) is 38.3 Å². The second-order valence-corrected chi connectivity index (χ2v) is 7.25. The normalized spacial score (nSPS) is 23.5. The highest BCUT2D eigenvalue weighted by molar-refractivity contribution is 7.15. The zero-order valence-corrected chi connectivity index (χ0v) is 13.4. The Morgan fingerprint density at radius 2 is 2.23 bits per heavy atom. The van der Waals surface area contributed by atoms with Crippen LogP contribution >= 0.6 is 11.3 Å². The summed E-state index contributed by atoms with van der Waals surface area (Å²) in [5.41, 5.74) is 9.27. The van der Waals surface area contributed by atoms with E-state index in [4.69, 9.17) is 15.7 Å². The van der Waals surface area contributed by atoms with Gasteiger partial charge in [-0.1, -0.05) is 0 Å². The van der Waals surface area contributed by atoms with Gasteiger partial charge < -0.3 is 15.7 Å². The van der Waals surface area contributed by atoms with Crippen molar-refractivity contribution in [2.45, 2.75) is 44.9 Å². The number of thiophene rings is 1. The lowest BCUT2D eigenvalue weighted by atomic mass is 10.0. The third kappa shape index (κ3) is 2.14. The van der Waals surface area contributed by atoms with E-state index in [9.17, 15) is 5.11 Å². The van der Waals surface area contributed by atoms with E-state index < -0.39 is 0 Å². The third-order valence-electron chi connectivity index (χ3n) is 4.71. The summed E-state index contributed by atoms with van der Waals surface area (Å²) >= 11 is 1.72. The number of aliphatic hydroxyl groups is 1. The van der Waals surface area contributed by atoms with Crippen LogP contribution in [-0.2, 0) is 19.4 Å². The first-order valence-electron chi connectivity index (χ1n) is 7.81. The van der Waals surface area contributed by atoms with Crippen molar-refractivity contribution in [1.29, 1.82) is 0 Å². The van der Waals surface area contributed by atoms with Crippen LogP contribution in [0.5, 0.6) is 0 Å². The molecule has 0 unspecified atom stereocenters. The van der Waals surface area contributed by atoms with Crippen molar-refractivity contribution in [2.24, 2.45) is 5.73 Å². The summed E-state index contributed by atoms with van der Waals surface area (Å²) in [6.45, 7) is 3.21. The number of nitrogens with two attached hydrogens (primary N) is 1. The molecule has 4 rings (SSSR count). The van der Waals surface area contributed by atoms with E-state index in [0.717, 1.165) is 30.9 Å². The molecule has 2 aliphatic rings. The molecule has 3 heterocycles. The molecule has 2 aromatic heterocycles. The minimum absolute atomic E-state index is 0.0928. The molecular formula is C16H20N4OS. The Balaban J connectivity index is 1.78. The summed E-state index contributed by atoms with van der Waals surface area (Å²) in [5, 5.41) is 9.75. The molecule has 0 radical (unpaired) electrons.